The largest absolute Gasteiger partial charge is 0.497 e. The smallest absolute Gasteiger partial charge is 0.337 e. The number of nitrogens with zero attached hydrogens (tertiary/aromatic N) is 2. The Balaban J connectivity index is 0.000000139. The lowest BCUT2D eigenvalue weighted by molar-refractivity contribution is -0.119. The molecule has 1 saturated heterocycles. The van der Waals surface area contributed by atoms with Crippen molar-refractivity contribution in [2.45, 2.75) is 50.5 Å². The molecule has 0 spiro atoms. The number of esters is 2. The highest BCUT2D eigenvalue weighted by atomic mass is 79.9. The number of carbonyl (C=O) groups excluding carboxylic acids is 3. The highest BCUT2D eigenvalue weighted by Crippen LogP contribution is 2.35. The molecule has 530 valence electrons. The summed E-state index contributed by atoms with van der Waals surface area (Å²) in [6, 6.07) is 48.4. The van der Waals surface area contributed by atoms with E-state index in [2.05, 4.69) is 128 Å². The summed E-state index contributed by atoms with van der Waals surface area (Å²) in [5, 5.41) is 21.1. The van der Waals surface area contributed by atoms with Crippen LogP contribution in [-0.2, 0) is 32.7 Å². The van der Waals surface area contributed by atoms with E-state index in [0.29, 0.717) is 22.5 Å². The minimum absolute atomic E-state index is 0.295. The Labute approximate surface area is 603 Å². The third-order valence-corrected chi connectivity index (χ3v) is 18.8. The van der Waals surface area contributed by atoms with Crippen LogP contribution in [0.1, 0.15) is 96.6 Å². The Kier molecular flexibility index (Phi) is 27.1. The summed E-state index contributed by atoms with van der Waals surface area (Å²) in [7, 11) is 9.54. The topological polar surface area (TPSA) is 238 Å². The Morgan fingerprint density at radius 1 is 0.441 bits per heavy atom. The van der Waals surface area contributed by atoms with Gasteiger partial charge in [-0.3, -0.25) is 14.6 Å². The van der Waals surface area contributed by atoms with Gasteiger partial charge in [0.25, 0.3) is 0 Å². The number of nitrogens with one attached hydrogen (secondary N) is 6. The number of aromatic nitrogens is 4. The molecule has 7 aromatic carbocycles. The van der Waals surface area contributed by atoms with Gasteiger partial charge in [0.05, 0.1) is 59.3 Å². The fourth-order valence-corrected chi connectivity index (χ4v) is 12.8. The molecule has 7 N–H and O–H groups in total. The second-order valence-corrected chi connectivity index (χ2v) is 25.2. The highest BCUT2D eigenvalue weighted by Gasteiger charge is 2.20. The maximum atomic E-state index is 11.5. The summed E-state index contributed by atoms with van der Waals surface area (Å²) in [4.78, 5) is 61.8. The molecule has 0 radical (unpaired) electrons. The maximum Gasteiger partial charge on any atom is 0.337 e. The summed E-state index contributed by atoms with van der Waals surface area (Å²) < 4.78 is 30.4. The first kappa shape index (κ1) is 74.2. The summed E-state index contributed by atoms with van der Waals surface area (Å²) in [6.07, 6.45) is 19.6. The van der Waals surface area contributed by atoms with Crippen LogP contribution >= 0.6 is 15.9 Å². The zero-order valence-corrected chi connectivity index (χ0v) is 60.2. The van der Waals surface area contributed by atoms with Gasteiger partial charge in [-0.25, -0.2) is 14.4 Å². The van der Waals surface area contributed by atoms with Crippen molar-refractivity contribution < 1.29 is 52.7 Å². The van der Waals surface area contributed by atoms with Gasteiger partial charge in [-0.05, 0) is 174 Å². The van der Waals surface area contributed by atoms with Crippen LogP contribution < -0.4 is 29.6 Å². The van der Waals surface area contributed by atoms with Crippen LogP contribution in [0.3, 0.4) is 0 Å². The van der Waals surface area contributed by atoms with Crippen molar-refractivity contribution >= 4 is 100.0 Å². The lowest BCUT2D eigenvalue weighted by Gasteiger charge is -2.26. The summed E-state index contributed by atoms with van der Waals surface area (Å²) in [6.45, 7) is 9.26. The van der Waals surface area contributed by atoms with Crippen molar-refractivity contribution in [2.75, 3.05) is 95.0 Å². The van der Waals surface area contributed by atoms with Crippen LogP contribution in [0, 0.1) is 0 Å². The summed E-state index contributed by atoms with van der Waals surface area (Å²) in [5.74, 6) is 2.47. The third-order valence-electron chi connectivity index (χ3n) is 18.2. The molecule has 20 heteroatoms. The molecule has 0 amide bonds. The summed E-state index contributed by atoms with van der Waals surface area (Å²) >= 11 is 3.32. The molecular weight excluding hydrogens is 1350 g/mol. The molecule has 4 aromatic heterocycles. The number of ketones is 1. The molecular formula is C82H89BrN8O11. The van der Waals surface area contributed by atoms with Gasteiger partial charge in [-0.15, -0.1) is 0 Å². The van der Waals surface area contributed by atoms with Gasteiger partial charge in [0.2, 0.25) is 0 Å². The van der Waals surface area contributed by atoms with E-state index in [1.54, 1.807) is 52.7 Å². The number of methoxy groups -OCH3 is 6. The van der Waals surface area contributed by atoms with Gasteiger partial charge in [0, 0.05) is 162 Å². The fourth-order valence-electron chi connectivity index (χ4n) is 12.4. The number of carboxylic acids is 1. The minimum Gasteiger partial charge on any atom is -0.497 e. The van der Waals surface area contributed by atoms with Gasteiger partial charge in [-0.2, -0.15) is 0 Å². The Morgan fingerprint density at radius 2 is 0.843 bits per heavy atom. The second-order valence-electron chi connectivity index (χ2n) is 24.7. The zero-order valence-electron chi connectivity index (χ0n) is 58.6. The monoisotopic (exact) mass is 1440 g/mol. The van der Waals surface area contributed by atoms with Crippen LogP contribution in [0.4, 0.5) is 0 Å². The van der Waals surface area contributed by atoms with Gasteiger partial charge in [0.1, 0.15) is 28.8 Å². The van der Waals surface area contributed by atoms with Crippen LogP contribution in [0.5, 0.6) is 23.0 Å². The van der Waals surface area contributed by atoms with Crippen molar-refractivity contribution in [1.29, 1.82) is 0 Å². The van der Waals surface area contributed by atoms with Crippen LogP contribution in [0.2, 0.25) is 0 Å². The van der Waals surface area contributed by atoms with Crippen molar-refractivity contribution in [1.82, 2.24) is 40.4 Å². The van der Waals surface area contributed by atoms with Crippen molar-refractivity contribution in [3.05, 3.63) is 245 Å². The molecule has 1 fully saturated rings. The van der Waals surface area contributed by atoms with Crippen molar-refractivity contribution in [2.24, 2.45) is 0 Å². The predicted molar refractivity (Wildman–Crippen MR) is 409 cm³/mol. The zero-order chi connectivity index (χ0) is 71.7. The van der Waals surface area contributed by atoms with E-state index >= 15 is 0 Å². The number of rotatable bonds is 15. The van der Waals surface area contributed by atoms with E-state index in [1.807, 2.05) is 103 Å². The molecule has 11 aromatic rings. The van der Waals surface area contributed by atoms with Crippen molar-refractivity contribution in [3.63, 3.8) is 0 Å². The number of halogens is 1. The van der Waals surface area contributed by atoms with E-state index < -0.39 is 5.97 Å². The predicted octanol–water partition coefficient (Wildman–Crippen LogP) is 15.5. The van der Waals surface area contributed by atoms with E-state index in [1.165, 1.54) is 80.3 Å². The van der Waals surface area contributed by atoms with E-state index in [-0.39, 0.29) is 11.9 Å². The number of carbonyl (C=O) groups is 4. The maximum absolute atomic E-state index is 11.5. The number of aromatic amines is 4. The number of piperidine rings is 1. The number of carboxylic acid groups (broad SMARTS) is 1. The molecule has 0 bridgehead atoms. The molecule has 0 unspecified atom stereocenters. The molecule has 0 aliphatic carbocycles. The second kappa shape index (κ2) is 37.3. The number of fused-ring (bicyclic) bond motifs is 4. The molecule has 0 atom stereocenters. The number of benzene rings is 7. The number of ether oxygens (including phenoxy) is 6. The number of hydrogen-bond acceptors (Lipinski definition) is 14. The van der Waals surface area contributed by atoms with Gasteiger partial charge >= 0.3 is 17.9 Å². The van der Waals surface area contributed by atoms with Crippen molar-refractivity contribution in [3.8, 4) is 23.0 Å². The molecule has 4 aliphatic heterocycles. The van der Waals surface area contributed by atoms with E-state index in [0.717, 1.165) is 154 Å². The quantitative estimate of drug-likeness (QED) is 0.0373. The Hall–Kier alpha value is -10.5. The standard InChI is InChI=1S/C23H24N2O3.C22H22N2O3.C14H16N2O.C9H9BrO2.C9H9NO.C5H9NO/c1-27-19-7-8-22-20(13-19)21(14-24-22)17-9-11-25(12-10-17)15-16-3-5-18(6-4-16)23(26)28-2;1-27-18-6-7-21-19(12-18)20(13-23-21)16-8-10-24(11-9-16)14-15-2-4-17(5-3-15)22(25)26;1-17-11-2-3-14-12(8-11)13(9-16-14)10-4-6-15-7-5-10;1-12-9(11)8-4-2-7(6-10)3-5-8;1-11-8-2-3-9-7(6-8)4-5-10-9;7-5-1-3-6-4-2-5/h3-9,13-14,24H,10-12,15H2,1-2H3;2-8,12-13,23H,9-11,14H2,1H3,(H,25,26);2-4,8-9,15-16H,5-7H2,1H3;2-5H,6H2,1H3;2-6,10H,1H3;6H,1-4H2. The van der Waals surface area contributed by atoms with Crippen LogP contribution in [0.25, 0.3) is 60.3 Å². The molecule has 15 rings (SSSR count). The number of alkyl halides is 1. The molecule has 4 aliphatic rings. The molecule has 19 nitrogen and oxygen atoms in total. The minimum atomic E-state index is -0.887. The molecule has 0 saturated carbocycles. The molecule has 102 heavy (non-hydrogen) atoms. The number of aromatic carboxylic acids is 1. The lowest BCUT2D eigenvalue weighted by atomic mass is 9.98. The van der Waals surface area contributed by atoms with Gasteiger partial charge < -0.3 is 64.1 Å². The van der Waals surface area contributed by atoms with Crippen LogP contribution in [0.15, 0.2) is 195 Å². The van der Waals surface area contributed by atoms with Gasteiger partial charge in [0.15, 0.2) is 0 Å². The van der Waals surface area contributed by atoms with E-state index in [9.17, 15) is 19.2 Å². The number of Topliss-reactive ketones (excluding diaryl/α,β-unsaturated/α-hetero) is 1. The first-order valence-corrected chi connectivity index (χ1v) is 35.1. The normalized spacial score (nSPS) is 14.4. The SMILES string of the molecule is COC(=O)c1ccc(CBr)cc1.COC(=O)c1ccc(CN2CC=C(c3c[nH]c4ccc(OC)cc34)CC2)cc1.COc1ccc2[nH]cc(C3=CCN(Cc4ccc(C(=O)O)cc4)CC3)c2c1.COc1ccc2[nH]cc(C3=CCNCC3)c2c1.COc1ccc2[nH]ccc2c1.O=C1CCNCC1. The Morgan fingerprint density at radius 3 is 1.21 bits per heavy atom. The van der Waals surface area contributed by atoms with E-state index in [4.69, 9.17) is 28.8 Å². The summed E-state index contributed by atoms with van der Waals surface area (Å²) in [5.41, 5.74) is 17.5. The fraction of sp³-hybridized carbons (Fsp3) is 0.268. The Bertz CT molecular complexity index is 4690. The number of hydrogen-bond donors (Lipinski definition) is 7. The average Bonchev–Trinajstić information content (AvgIpc) is 1.65. The number of H-pyrrole nitrogens is 4. The lowest BCUT2D eigenvalue weighted by Crippen LogP contribution is -2.28. The first-order valence-electron chi connectivity index (χ1n) is 34.0. The third kappa shape index (κ3) is 20.2. The molecule has 8 heterocycles. The van der Waals surface area contributed by atoms with Crippen LogP contribution in [-0.4, -0.2) is 154 Å². The highest BCUT2D eigenvalue weighted by molar-refractivity contribution is 9.08. The average molecular weight is 1440 g/mol. The van der Waals surface area contributed by atoms with Gasteiger partial charge in [-0.1, -0.05) is 70.6 Å². The first-order chi connectivity index (χ1) is 49.8.